The van der Waals surface area contributed by atoms with Gasteiger partial charge in [0.15, 0.2) is 0 Å². The Morgan fingerprint density at radius 2 is 2.22 bits per heavy atom. The lowest BCUT2D eigenvalue weighted by molar-refractivity contribution is -0.134. The molecule has 1 saturated carbocycles. The highest BCUT2D eigenvalue weighted by atomic mass is 16.5. The molecule has 1 heterocycles. The van der Waals surface area contributed by atoms with Crippen molar-refractivity contribution in [3.8, 4) is 0 Å². The molecule has 0 spiro atoms. The smallest absolute Gasteiger partial charge is 0.367 e. The maximum absolute atomic E-state index is 11.9. The van der Waals surface area contributed by atoms with E-state index in [4.69, 9.17) is 0 Å². The van der Waals surface area contributed by atoms with Gasteiger partial charge in [0.1, 0.15) is 0 Å². The topological polar surface area (TPSA) is 79.0 Å². The first-order chi connectivity index (χ1) is 8.54. The molecular formula is C11H16N4O3. The lowest BCUT2D eigenvalue weighted by atomic mass is 9.70. The number of tetrazole rings is 1. The summed E-state index contributed by atoms with van der Waals surface area (Å²) in [7, 11) is 1.27. The number of carbonyl (C=O) groups excluding carboxylic acids is 1. The number of nitrogens with zero attached hydrogens (tertiary/aromatic N) is 4. The van der Waals surface area contributed by atoms with Gasteiger partial charge in [-0.05, 0) is 28.7 Å². The van der Waals surface area contributed by atoms with Crippen LogP contribution in [0, 0.1) is 5.41 Å². The second-order valence-electron chi connectivity index (χ2n) is 4.87. The van der Waals surface area contributed by atoms with E-state index in [2.05, 4.69) is 22.1 Å². The predicted octanol–water partition coefficient (Wildman–Crippen LogP) is 0.274. The molecule has 1 aliphatic rings. The molecule has 2 rings (SSSR count). The van der Waals surface area contributed by atoms with Crippen LogP contribution in [0.2, 0.25) is 0 Å². The van der Waals surface area contributed by atoms with E-state index in [-0.39, 0.29) is 11.1 Å². The van der Waals surface area contributed by atoms with Crippen molar-refractivity contribution in [3.05, 3.63) is 16.6 Å². The minimum atomic E-state index is -0.539. The third-order valence-electron chi connectivity index (χ3n) is 3.31. The summed E-state index contributed by atoms with van der Waals surface area (Å²) in [6.07, 6.45) is 5.78. The van der Waals surface area contributed by atoms with Crippen LogP contribution in [0.15, 0.2) is 10.9 Å². The highest BCUT2D eigenvalue weighted by molar-refractivity contribution is 5.84. The molecule has 1 fully saturated rings. The molecule has 7 nitrogen and oxygen atoms in total. The van der Waals surface area contributed by atoms with Gasteiger partial charge in [-0.3, -0.25) is 0 Å². The number of rotatable bonds is 4. The molecule has 7 heteroatoms. The van der Waals surface area contributed by atoms with Gasteiger partial charge in [-0.15, -0.1) is 0 Å². The molecule has 0 unspecified atom stereocenters. The Kier molecular flexibility index (Phi) is 3.31. The summed E-state index contributed by atoms with van der Waals surface area (Å²) in [6.45, 7) is 2.70. The molecule has 18 heavy (non-hydrogen) atoms. The van der Waals surface area contributed by atoms with Crippen LogP contribution < -0.4 is 5.69 Å². The van der Waals surface area contributed by atoms with Gasteiger partial charge in [0.2, 0.25) is 0 Å². The van der Waals surface area contributed by atoms with Crippen LogP contribution in [0.3, 0.4) is 0 Å². The number of aromatic nitrogens is 4. The Labute approximate surface area is 104 Å². The zero-order valence-electron chi connectivity index (χ0n) is 10.5. The molecule has 0 radical (unpaired) electrons. The van der Waals surface area contributed by atoms with Gasteiger partial charge < -0.3 is 4.74 Å². The normalized spacial score (nSPS) is 17.7. The Bertz CT molecular complexity index is 525. The van der Waals surface area contributed by atoms with Crippen LogP contribution in [0.4, 0.5) is 0 Å². The Balaban J connectivity index is 2.11. The van der Waals surface area contributed by atoms with Gasteiger partial charge in [-0.1, -0.05) is 13.3 Å². The lowest BCUT2D eigenvalue weighted by Crippen LogP contribution is -2.35. The third-order valence-corrected chi connectivity index (χ3v) is 3.31. The lowest BCUT2D eigenvalue weighted by Gasteiger charge is -2.37. The second kappa shape index (κ2) is 4.75. The van der Waals surface area contributed by atoms with Crippen molar-refractivity contribution in [2.45, 2.75) is 32.7 Å². The zero-order valence-corrected chi connectivity index (χ0v) is 10.5. The van der Waals surface area contributed by atoms with E-state index in [0.717, 1.165) is 23.6 Å². The van der Waals surface area contributed by atoms with E-state index in [9.17, 15) is 9.59 Å². The maximum Gasteiger partial charge on any atom is 0.367 e. The average Bonchev–Trinajstić information content (AvgIpc) is 2.66. The van der Waals surface area contributed by atoms with Crippen LogP contribution in [0.25, 0.3) is 6.20 Å². The van der Waals surface area contributed by atoms with Crippen molar-refractivity contribution in [3.63, 3.8) is 0 Å². The van der Waals surface area contributed by atoms with E-state index in [1.54, 1.807) is 0 Å². The van der Waals surface area contributed by atoms with E-state index in [1.165, 1.54) is 24.4 Å². The second-order valence-corrected chi connectivity index (χ2v) is 4.87. The number of carbonyl (C=O) groups is 1. The summed E-state index contributed by atoms with van der Waals surface area (Å²) in [5.41, 5.74) is -0.195. The number of esters is 1. The van der Waals surface area contributed by atoms with Gasteiger partial charge in [0, 0.05) is 12.3 Å². The largest absolute Gasteiger partial charge is 0.466 e. The van der Waals surface area contributed by atoms with Crippen molar-refractivity contribution in [2.24, 2.45) is 5.41 Å². The summed E-state index contributed by atoms with van der Waals surface area (Å²) < 4.78 is 6.79. The maximum atomic E-state index is 11.9. The minimum absolute atomic E-state index is 0.150. The van der Waals surface area contributed by atoms with Gasteiger partial charge >= 0.3 is 11.7 Å². The van der Waals surface area contributed by atoms with Crippen LogP contribution in [0.5, 0.6) is 0 Å². The molecule has 0 aliphatic heterocycles. The van der Waals surface area contributed by atoms with Crippen LogP contribution in [-0.2, 0) is 16.1 Å². The fraction of sp³-hybridized carbons (Fsp3) is 0.636. The van der Waals surface area contributed by atoms with Crippen LogP contribution >= 0.6 is 0 Å². The van der Waals surface area contributed by atoms with Crippen molar-refractivity contribution in [2.75, 3.05) is 7.11 Å². The van der Waals surface area contributed by atoms with Crippen LogP contribution in [-0.4, -0.2) is 32.9 Å². The van der Waals surface area contributed by atoms with Crippen molar-refractivity contribution < 1.29 is 9.53 Å². The van der Waals surface area contributed by atoms with Gasteiger partial charge in [0.05, 0.1) is 13.7 Å². The summed E-state index contributed by atoms with van der Waals surface area (Å²) in [5, 5.41) is 7.49. The third kappa shape index (κ3) is 2.49. The molecular weight excluding hydrogens is 236 g/mol. The van der Waals surface area contributed by atoms with E-state index >= 15 is 0 Å². The quantitative estimate of drug-likeness (QED) is 0.568. The highest BCUT2D eigenvalue weighted by Crippen LogP contribution is 2.41. The van der Waals surface area contributed by atoms with Gasteiger partial charge in [-0.25, -0.2) is 9.59 Å². The molecule has 0 amide bonds. The van der Waals surface area contributed by atoms with Crippen molar-refractivity contribution in [1.29, 1.82) is 0 Å². The zero-order chi connectivity index (χ0) is 13.2. The number of methoxy groups -OCH3 is 1. The Hall–Kier alpha value is -1.92. The molecule has 1 aliphatic carbocycles. The van der Waals surface area contributed by atoms with Crippen LogP contribution in [0.1, 0.15) is 26.2 Å². The van der Waals surface area contributed by atoms with E-state index in [1.807, 2.05) is 0 Å². The molecule has 0 N–H and O–H groups in total. The number of ether oxygens (including phenoxy) is 1. The molecule has 0 saturated heterocycles. The fourth-order valence-electron chi connectivity index (χ4n) is 1.98. The molecule has 0 atom stereocenters. The highest BCUT2D eigenvalue weighted by Gasteiger charge is 2.33. The minimum Gasteiger partial charge on any atom is -0.466 e. The van der Waals surface area contributed by atoms with Gasteiger partial charge in [-0.2, -0.15) is 9.36 Å². The first kappa shape index (κ1) is 12.5. The summed E-state index contributed by atoms with van der Waals surface area (Å²) in [4.78, 5) is 22.8. The van der Waals surface area contributed by atoms with Gasteiger partial charge in [0.25, 0.3) is 0 Å². The standard InChI is InChI=1S/C11H16N4O3/c1-11(5-3-6-11)8-15-10(17)14(12-13-15)7-4-9(16)18-2/h4,7H,3,5-6,8H2,1-2H3/b7-4-. The van der Waals surface area contributed by atoms with Crippen molar-refractivity contribution in [1.82, 2.24) is 19.8 Å². The number of hydrogen-bond acceptors (Lipinski definition) is 5. The predicted molar refractivity (Wildman–Crippen MR) is 63.6 cm³/mol. The first-order valence-electron chi connectivity index (χ1n) is 5.82. The van der Waals surface area contributed by atoms with E-state index < -0.39 is 5.97 Å². The van der Waals surface area contributed by atoms with E-state index in [0.29, 0.717) is 6.54 Å². The first-order valence-corrected chi connectivity index (χ1v) is 5.82. The molecule has 1 aromatic heterocycles. The average molecular weight is 252 g/mol. The summed E-state index contributed by atoms with van der Waals surface area (Å²) >= 11 is 0. The molecule has 0 bridgehead atoms. The Morgan fingerprint density at radius 3 is 2.78 bits per heavy atom. The Morgan fingerprint density at radius 1 is 1.50 bits per heavy atom. The monoisotopic (exact) mass is 252 g/mol. The summed E-state index contributed by atoms with van der Waals surface area (Å²) in [5.74, 6) is -0.539. The molecule has 98 valence electrons. The molecule has 0 aromatic carbocycles. The van der Waals surface area contributed by atoms with Crippen molar-refractivity contribution >= 4 is 12.2 Å². The summed E-state index contributed by atoms with van der Waals surface area (Å²) in [6, 6.07) is 0. The number of hydrogen-bond donors (Lipinski definition) is 0. The molecule has 1 aromatic rings. The fourth-order valence-corrected chi connectivity index (χ4v) is 1.98. The SMILES string of the molecule is COC(=O)/C=C\n1nnn(CC2(C)CCC2)c1=O.